The highest BCUT2D eigenvalue weighted by Gasteiger charge is 2.34. The number of benzene rings is 2. The van der Waals surface area contributed by atoms with E-state index >= 15 is 0 Å². The summed E-state index contributed by atoms with van der Waals surface area (Å²) in [5.41, 5.74) is 3.75. The molecule has 28 heavy (non-hydrogen) atoms. The molecule has 0 bridgehead atoms. The van der Waals surface area contributed by atoms with Crippen molar-refractivity contribution in [2.24, 2.45) is 0 Å². The van der Waals surface area contributed by atoms with Crippen LogP contribution in [0.25, 0.3) is 10.1 Å². The first kappa shape index (κ1) is 18.3. The topological polar surface area (TPSA) is 47.6 Å². The van der Waals surface area contributed by atoms with Crippen LogP contribution in [0.5, 0.6) is 5.75 Å². The molecule has 0 aliphatic carbocycles. The molecule has 1 aromatic heterocycles. The molecule has 3 aromatic rings. The van der Waals surface area contributed by atoms with E-state index in [4.69, 9.17) is 9.47 Å². The second-order valence-corrected chi connectivity index (χ2v) is 9.60. The van der Waals surface area contributed by atoms with Crippen molar-refractivity contribution in [3.63, 3.8) is 0 Å². The number of nitrogens with one attached hydrogen (secondary N) is 1. The van der Waals surface area contributed by atoms with E-state index < -0.39 is 6.10 Å². The number of hydrogen-bond donors (Lipinski definition) is 1. The number of thiophene rings is 1. The number of rotatable bonds is 1. The predicted molar refractivity (Wildman–Crippen MR) is 116 cm³/mol. The first-order valence-corrected chi connectivity index (χ1v) is 11.1. The van der Waals surface area contributed by atoms with Gasteiger partial charge in [0.15, 0.2) is 6.10 Å². The molecule has 1 amide bonds. The lowest BCUT2D eigenvalue weighted by Gasteiger charge is -2.32. The molecule has 1 N–H and O–H groups in total. The van der Waals surface area contributed by atoms with Gasteiger partial charge in [0, 0.05) is 21.4 Å². The third-order valence-corrected chi connectivity index (χ3v) is 7.33. The number of alkyl halides is 1. The summed E-state index contributed by atoms with van der Waals surface area (Å²) in [5.74, 6) is 0.305. The molecule has 0 spiro atoms. The Labute approximate surface area is 179 Å². The van der Waals surface area contributed by atoms with Gasteiger partial charge < -0.3 is 14.8 Å². The minimum atomic E-state index is -0.536. The summed E-state index contributed by atoms with van der Waals surface area (Å²) in [4.78, 5) is 13.0. The van der Waals surface area contributed by atoms with Crippen molar-refractivity contribution in [1.82, 2.24) is 0 Å². The predicted octanol–water partition coefficient (Wildman–Crippen LogP) is 5.49. The molecular weight excluding hydrogens is 492 g/mol. The molecule has 5 rings (SSSR count). The van der Waals surface area contributed by atoms with Crippen molar-refractivity contribution < 1.29 is 18.7 Å². The first-order chi connectivity index (χ1) is 13.4. The standard InChI is InChI=1S/C21H17FINO3S/c1-9-18-13(22)4-3-5-16(18)28-20(9)19-12-8-15-14(24-21(25)10(2)26-15)6-11(12)7-17(23)27-19/h3-6,8,10,17,19H,7H2,1-2H3,(H,24,25). The Hall–Kier alpha value is -1.71. The van der Waals surface area contributed by atoms with Crippen molar-refractivity contribution in [1.29, 1.82) is 0 Å². The quantitative estimate of drug-likeness (QED) is 0.349. The number of aryl methyl sites for hydroxylation is 1. The lowest BCUT2D eigenvalue weighted by Crippen LogP contribution is -2.35. The Bertz CT molecular complexity index is 1130. The molecule has 0 saturated carbocycles. The average Bonchev–Trinajstić information content (AvgIpc) is 2.99. The van der Waals surface area contributed by atoms with E-state index in [1.807, 2.05) is 25.1 Å². The van der Waals surface area contributed by atoms with Gasteiger partial charge in [-0.3, -0.25) is 4.79 Å². The van der Waals surface area contributed by atoms with E-state index in [1.54, 1.807) is 24.3 Å². The number of halogens is 2. The molecule has 7 heteroatoms. The number of fused-ring (bicyclic) bond motifs is 3. The van der Waals surface area contributed by atoms with Crippen molar-refractivity contribution in [2.75, 3.05) is 5.32 Å². The largest absolute Gasteiger partial charge is 0.479 e. The van der Waals surface area contributed by atoms with Crippen molar-refractivity contribution >= 4 is 55.6 Å². The zero-order valence-corrected chi connectivity index (χ0v) is 18.2. The Morgan fingerprint density at radius 1 is 1.32 bits per heavy atom. The maximum absolute atomic E-state index is 14.4. The normalized spacial score (nSPS) is 23.7. The first-order valence-electron chi connectivity index (χ1n) is 9.03. The molecule has 2 aliphatic heterocycles. The monoisotopic (exact) mass is 509 g/mol. The fraction of sp³-hybridized carbons (Fsp3) is 0.286. The lowest BCUT2D eigenvalue weighted by molar-refractivity contribution is -0.122. The van der Waals surface area contributed by atoms with Crippen molar-refractivity contribution in [3.8, 4) is 5.75 Å². The molecule has 3 unspecified atom stereocenters. The molecule has 3 atom stereocenters. The molecule has 2 aromatic carbocycles. The SMILES string of the molecule is Cc1c(C2OC(I)Cc3cc4c(cc32)OC(C)C(=O)N4)sc2cccc(F)c12. The molecule has 0 saturated heterocycles. The van der Waals surface area contributed by atoms with Gasteiger partial charge in [0.1, 0.15) is 21.8 Å². The number of carbonyl (C=O) groups is 1. The molecular formula is C21H17FINO3S. The van der Waals surface area contributed by atoms with Gasteiger partial charge in [0.05, 0.1) is 5.69 Å². The summed E-state index contributed by atoms with van der Waals surface area (Å²) < 4.78 is 27.4. The van der Waals surface area contributed by atoms with E-state index in [0.29, 0.717) is 16.8 Å². The molecule has 144 valence electrons. The summed E-state index contributed by atoms with van der Waals surface area (Å²) in [7, 11) is 0. The number of carbonyl (C=O) groups excluding carboxylic acids is 1. The van der Waals surface area contributed by atoms with Crippen molar-refractivity contribution in [3.05, 3.63) is 57.7 Å². The van der Waals surface area contributed by atoms with Crippen LogP contribution in [0.4, 0.5) is 10.1 Å². The van der Waals surface area contributed by atoms with Crippen LogP contribution >= 0.6 is 33.9 Å². The summed E-state index contributed by atoms with van der Waals surface area (Å²) in [6, 6.07) is 9.13. The van der Waals surface area contributed by atoms with Gasteiger partial charge in [-0.25, -0.2) is 4.39 Å². The zero-order chi connectivity index (χ0) is 19.6. The van der Waals surface area contributed by atoms with Crippen molar-refractivity contribution in [2.45, 2.75) is 36.6 Å². The Balaban J connectivity index is 1.67. The molecule has 3 heterocycles. The highest BCUT2D eigenvalue weighted by atomic mass is 127. The maximum atomic E-state index is 14.4. The summed E-state index contributed by atoms with van der Waals surface area (Å²) in [6.45, 7) is 3.68. The van der Waals surface area contributed by atoms with Gasteiger partial charge in [-0.1, -0.05) is 28.7 Å². The number of ether oxygens (including phenoxy) is 2. The highest BCUT2D eigenvalue weighted by molar-refractivity contribution is 14.1. The fourth-order valence-corrected chi connectivity index (χ4v) is 5.95. The van der Waals surface area contributed by atoms with Gasteiger partial charge in [0.25, 0.3) is 5.91 Å². The van der Waals surface area contributed by atoms with E-state index in [2.05, 4.69) is 27.9 Å². The van der Waals surface area contributed by atoms with Gasteiger partial charge >= 0.3 is 0 Å². The fourth-order valence-electron chi connectivity index (χ4n) is 3.90. The third kappa shape index (κ3) is 2.83. The molecule has 2 aliphatic rings. The average molecular weight is 509 g/mol. The van der Waals surface area contributed by atoms with E-state index in [9.17, 15) is 9.18 Å². The van der Waals surface area contributed by atoms with E-state index in [-0.39, 0.29) is 21.9 Å². The van der Waals surface area contributed by atoms with Gasteiger partial charge in [-0.05, 0) is 54.8 Å². The molecule has 0 fully saturated rings. The van der Waals surface area contributed by atoms with Crippen LogP contribution in [0.15, 0.2) is 30.3 Å². The van der Waals surface area contributed by atoms with Gasteiger partial charge in [-0.2, -0.15) is 0 Å². The van der Waals surface area contributed by atoms with Crippen LogP contribution in [0.2, 0.25) is 0 Å². The van der Waals surface area contributed by atoms with Crippen LogP contribution in [-0.2, 0) is 16.0 Å². The van der Waals surface area contributed by atoms with Crippen LogP contribution in [0.3, 0.4) is 0 Å². The zero-order valence-electron chi connectivity index (χ0n) is 15.2. The summed E-state index contributed by atoms with van der Waals surface area (Å²) >= 11 is 3.85. The van der Waals surface area contributed by atoms with Crippen LogP contribution in [0, 0.1) is 12.7 Å². The third-order valence-electron chi connectivity index (χ3n) is 5.30. The van der Waals surface area contributed by atoms with Crippen LogP contribution in [0.1, 0.15) is 34.6 Å². The van der Waals surface area contributed by atoms with E-state index in [0.717, 1.165) is 32.7 Å². The second-order valence-electron chi connectivity index (χ2n) is 7.13. The molecule has 4 nitrogen and oxygen atoms in total. The highest BCUT2D eigenvalue weighted by Crippen LogP contribution is 2.47. The van der Waals surface area contributed by atoms with Crippen LogP contribution < -0.4 is 10.1 Å². The molecule has 0 radical (unpaired) electrons. The Kier molecular flexibility index (Phi) is 4.37. The maximum Gasteiger partial charge on any atom is 0.265 e. The second kappa shape index (κ2) is 6.67. The number of anilines is 1. The minimum Gasteiger partial charge on any atom is -0.479 e. The van der Waals surface area contributed by atoms with Gasteiger partial charge in [-0.15, -0.1) is 11.3 Å². The number of amides is 1. The summed E-state index contributed by atoms with van der Waals surface area (Å²) in [6.07, 6.45) is -0.0843. The lowest BCUT2D eigenvalue weighted by atomic mass is 9.93. The smallest absolute Gasteiger partial charge is 0.265 e. The Morgan fingerprint density at radius 2 is 2.14 bits per heavy atom. The summed E-state index contributed by atoms with van der Waals surface area (Å²) in [5, 5.41) is 3.58. The van der Waals surface area contributed by atoms with E-state index in [1.165, 1.54) is 6.07 Å². The number of hydrogen-bond acceptors (Lipinski definition) is 4. The van der Waals surface area contributed by atoms with Gasteiger partial charge in [0.2, 0.25) is 0 Å². The Morgan fingerprint density at radius 3 is 2.93 bits per heavy atom. The minimum absolute atomic E-state index is 0.0123. The van der Waals surface area contributed by atoms with Crippen LogP contribution in [-0.4, -0.2) is 16.1 Å².